The van der Waals surface area contributed by atoms with Gasteiger partial charge in [0, 0.05) is 37.3 Å². The van der Waals surface area contributed by atoms with Gasteiger partial charge in [-0.3, -0.25) is 14.7 Å². The number of rotatable bonds is 7. The fourth-order valence-electron chi connectivity index (χ4n) is 4.25. The van der Waals surface area contributed by atoms with Crippen molar-refractivity contribution < 1.29 is 22.7 Å². The number of amides is 1. The van der Waals surface area contributed by atoms with E-state index in [1.165, 1.54) is 18.2 Å². The van der Waals surface area contributed by atoms with Crippen LogP contribution in [-0.4, -0.2) is 54.7 Å². The van der Waals surface area contributed by atoms with Crippen LogP contribution in [0.4, 0.5) is 13.2 Å². The van der Waals surface area contributed by atoms with Gasteiger partial charge in [-0.25, -0.2) is 0 Å². The maximum absolute atomic E-state index is 13.8. The molecule has 8 heteroatoms. The lowest BCUT2D eigenvalue weighted by Crippen LogP contribution is -2.52. The number of ether oxygens (including phenoxy) is 1. The number of aromatic nitrogens is 1. The van der Waals surface area contributed by atoms with Gasteiger partial charge in [-0.15, -0.1) is 0 Å². The molecule has 0 bridgehead atoms. The normalized spacial score (nSPS) is 16.7. The molecular weight excluding hydrogens is 395 g/mol. The fraction of sp³-hybridized carbons (Fsp3) is 0.545. The Hall–Kier alpha value is -2.19. The molecule has 1 aliphatic rings. The lowest BCUT2D eigenvalue weighted by molar-refractivity contribution is -0.136. The molecule has 0 spiro atoms. The van der Waals surface area contributed by atoms with E-state index in [4.69, 9.17) is 4.74 Å². The van der Waals surface area contributed by atoms with E-state index in [0.29, 0.717) is 19.1 Å². The average Bonchev–Trinajstić information content (AvgIpc) is 2.75. The number of hydrogen-bond donors (Lipinski definition) is 1. The number of halogens is 3. The van der Waals surface area contributed by atoms with Crippen molar-refractivity contribution in [1.82, 2.24) is 15.2 Å². The monoisotopic (exact) mass is 423 g/mol. The second-order valence-electron chi connectivity index (χ2n) is 7.56. The summed E-state index contributed by atoms with van der Waals surface area (Å²) in [6.07, 6.45) is -1.77. The van der Waals surface area contributed by atoms with E-state index in [1.54, 1.807) is 6.07 Å². The molecule has 1 N–H and O–H groups in total. The number of carbonyl (C=O) groups is 1. The summed E-state index contributed by atoms with van der Waals surface area (Å²) in [6.45, 7) is 7.23. The third-order valence-corrected chi connectivity index (χ3v) is 5.88. The van der Waals surface area contributed by atoms with Gasteiger partial charge in [0.15, 0.2) is 0 Å². The molecule has 0 saturated carbocycles. The lowest BCUT2D eigenvalue weighted by atomic mass is 9.92. The summed E-state index contributed by atoms with van der Waals surface area (Å²) in [5, 5.41) is 2.69. The largest absolute Gasteiger partial charge is 0.417 e. The maximum Gasteiger partial charge on any atom is 0.417 e. The standard InChI is InChI=1S/C22H28F3N3O2/c1-3-15(4-2)19(28-9-11-30-12-10-28)14-27-21(29)17-13-26-18-8-6-5-7-16(18)20(17)22(23,24)25/h5-8,13,15,19H,3-4,9-12,14H2,1-2H3,(H,27,29). The smallest absolute Gasteiger partial charge is 0.379 e. The van der Waals surface area contributed by atoms with Crippen LogP contribution in [0.1, 0.15) is 42.6 Å². The van der Waals surface area contributed by atoms with Crippen molar-refractivity contribution >= 4 is 16.8 Å². The molecule has 164 valence electrons. The number of fused-ring (bicyclic) bond motifs is 1. The average molecular weight is 423 g/mol. The predicted octanol–water partition coefficient (Wildman–Crippen LogP) is 4.12. The van der Waals surface area contributed by atoms with Crippen LogP contribution in [0.5, 0.6) is 0 Å². The highest BCUT2D eigenvalue weighted by molar-refractivity contribution is 6.00. The number of nitrogens with zero attached hydrogens (tertiary/aromatic N) is 2. The molecule has 1 atom stereocenters. The first-order chi connectivity index (χ1) is 14.4. The Kier molecular flexibility index (Phi) is 7.31. The molecule has 1 amide bonds. The number of carbonyl (C=O) groups excluding carboxylic acids is 1. The minimum Gasteiger partial charge on any atom is -0.379 e. The van der Waals surface area contributed by atoms with Gasteiger partial charge in [0.25, 0.3) is 5.91 Å². The van der Waals surface area contributed by atoms with E-state index < -0.39 is 23.2 Å². The van der Waals surface area contributed by atoms with Crippen LogP contribution < -0.4 is 5.32 Å². The Bertz CT molecular complexity index is 862. The Morgan fingerprint density at radius 1 is 1.20 bits per heavy atom. The SMILES string of the molecule is CCC(CC)C(CNC(=O)c1cnc2ccccc2c1C(F)(F)F)N1CCOCC1. The van der Waals surface area contributed by atoms with Crippen molar-refractivity contribution in [3.63, 3.8) is 0 Å². The predicted molar refractivity (Wildman–Crippen MR) is 109 cm³/mol. The zero-order valence-corrected chi connectivity index (χ0v) is 17.3. The molecular formula is C22H28F3N3O2. The molecule has 2 heterocycles. The van der Waals surface area contributed by atoms with Gasteiger partial charge in [0.1, 0.15) is 0 Å². The van der Waals surface area contributed by atoms with Crippen LogP contribution in [0.3, 0.4) is 0 Å². The molecule has 1 aromatic carbocycles. The summed E-state index contributed by atoms with van der Waals surface area (Å²) in [6, 6.07) is 6.05. The van der Waals surface area contributed by atoms with E-state index >= 15 is 0 Å². The van der Waals surface area contributed by atoms with E-state index in [1.807, 2.05) is 0 Å². The first-order valence-corrected chi connectivity index (χ1v) is 10.4. The number of alkyl halides is 3. The number of pyridine rings is 1. The zero-order chi connectivity index (χ0) is 21.7. The van der Waals surface area contributed by atoms with E-state index in [9.17, 15) is 18.0 Å². The summed E-state index contributed by atoms with van der Waals surface area (Å²) in [5.74, 6) is -0.412. The summed E-state index contributed by atoms with van der Waals surface area (Å²) < 4.78 is 46.9. The second kappa shape index (κ2) is 9.75. The minimum absolute atomic E-state index is 0.0515. The van der Waals surface area contributed by atoms with Crippen LogP contribution in [0.25, 0.3) is 10.9 Å². The van der Waals surface area contributed by atoms with E-state index in [0.717, 1.165) is 32.1 Å². The van der Waals surface area contributed by atoms with Gasteiger partial charge >= 0.3 is 6.18 Å². The highest BCUT2D eigenvalue weighted by Gasteiger charge is 2.38. The Balaban J connectivity index is 1.86. The van der Waals surface area contributed by atoms with Gasteiger partial charge < -0.3 is 10.1 Å². The first kappa shape index (κ1) is 22.5. The van der Waals surface area contributed by atoms with Crippen LogP contribution in [0, 0.1) is 5.92 Å². The van der Waals surface area contributed by atoms with Crippen molar-refractivity contribution in [2.75, 3.05) is 32.8 Å². The summed E-state index contributed by atoms with van der Waals surface area (Å²) in [4.78, 5) is 19.2. The number of para-hydroxylation sites is 1. The molecule has 1 unspecified atom stereocenters. The van der Waals surface area contributed by atoms with Gasteiger partial charge in [0.2, 0.25) is 0 Å². The number of benzene rings is 1. The molecule has 3 rings (SSSR count). The maximum atomic E-state index is 13.8. The highest BCUT2D eigenvalue weighted by atomic mass is 19.4. The number of morpholine rings is 1. The van der Waals surface area contributed by atoms with Crippen LogP contribution >= 0.6 is 0 Å². The highest BCUT2D eigenvalue weighted by Crippen LogP contribution is 2.36. The topological polar surface area (TPSA) is 54.5 Å². The minimum atomic E-state index is -4.66. The third kappa shape index (κ3) is 4.92. The van der Waals surface area contributed by atoms with Crippen LogP contribution in [0.15, 0.2) is 30.5 Å². The van der Waals surface area contributed by atoms with Gasteiger partial charge in [0.05, 0.1) is 29.9 Å². The van der Waals surface area contributed by atoms with Crippen molar-refractivity contribution in [3.05, 3.63) is 41.6 Å². The fourth-order valence-corrected chi connectivity index (χ4v) is 4.25. The van der Waals surface area contributed by atoms with Crippen molar-refractivity contribution in [2.24, 2.45) is 5.92 Å². The van der Waals surface area contributed by atoms with E-state index in [-0.39, 0.29) is 23.5 Å². The lowest BCUT2D eigenvalue weighted by Gasteiger charge is -2.38. The molecule has 1 aromatic heterocycles. The number of nitrogens with one attached hydrogen (secondary N) is 1. The van der Waals surface area contributed by atoms with Crippen molar-refractivity contribution in [1.29, 1.82) is 0 Å². The molecule has 2 aromatic rings. The van der Waals surface area contributed by atoms with Gasteiger partial charge in [-0.05, 0) is 12.0 Å². The molecule has 0 aliphatic carbocycles. The second-order valence-corrected chi connectivity index (χ2v) is 7.56. The van der Waals surface area contributed by atoms with Gasteiger partial charge in [-0.2, -0.15) is 13.2 Å². The van der Waals surface area contributed by atoms with E-state index in [2.05, 4.69) is 29.0 Å². The third-order valence-electron chi connectivity index (χ3n) is 5.88. The quantitative estimate of drug-likeness (QED) is 0.728. The molecule has 1 fully saturated rings. The van der Waals surface area contributed by atoms with Crippen LogP contribution in [-0.2, 0) is 10.9 Å². The Labute approximate surface area is 174 Å². The summed E-state index contributed by atoms with van der Waals surface area (Å²) >= 11 is 0. The molecule has 30 heavy (non-hydrogen) atoms. The zero-order valence-electron chi connectivity index (χ0n) is 17.3. The molecule has 1 aliphatic heterocycles. The Morgan fingerprint density at radius 2 is 1.87 bits per heavy atom. The first-order valence-electron chi connectivity index (χ1n) is 10.4. The number of hydrogen-bond acceptors (Lipinski definition) is 4. The summed E-state index contributed by atoms with van der Waals surface area (Å²) in [5.41, 5.74) is -1.16. The van der Waals surface area contributed by atoms with Crippen molar-refractivity contribution in [2.45, 2.75) is 38.9 Å². The molecule has 5 nitrogen and oxygen atoms in total. The summed E-state index contributed by atoms with van der Waals surface area (Å²) in [7, 11) is 0. The van der Waals surface area contributed by atoms with Gasteiger partial charge in [-0.1, -0.05) is 44.9 Å². The molecule has 1 saturated heterocycles. The Morgan fingerprint density at radius 3 is 2.50 bits per heavy atom. The van der Waals surface area contributed by atoms with Crippen molar-refractivity contribution in [3.8, 4) is 0 Å². The molecule has 0 radical (unpaired) electrons. The van der Waals surface area contributed by atoms with Crippen LogP contribution in [0.2, 0.25) is 0 Å².